The molecule has 0 aromatic carbocycles. The van der Waals surface area contributed by atoms with E-state index in [1.165, 1.54) is 5.57 Å². The Labute approximate surface area is 202 Å². The zero-order valence-electron chi connectivity index (χ0n) is 21.1. The van der Waals surface area contributed by atoms with Crippen molar-refractivity contribution in [2.45, 2.75) is 115 Å². The number of carbonyl (C=O) groups is 1. The quantitative estimate of drug-likeness (QED) is 0.285. The number of hydrogen-bond acceptors (Lipinski definition) is 6. The number of allylic oxidation sites excluding steroid dienone is 2. The maximum atomic E-state index is 13.5. The summed E-state index contributed by atoms with van der Waals surface area (Å²) in [6.07, 6.45) is 5.59. The van der Waals surface area contributed by atoms with Gasteiger partial charge in [-0.25, -0.2) is 0 Å². The Morgan fingerprint density at radius 1 is 1.03 bits per heavy atom. The Morgan fingerprint density at radius 3 is 2.50 bits per heavy atom. The lowest BCUT2D eigenvalue weighted by Gasteiger charge is -2.72. The Kier molecular flexibility index (Phi) is 3.90. The van der Waals surface area contributed by atoms with Crippen molar-refractivity contribution in [3.05, 3.63) is 11.6 Å². The molecule has 0 unspecified atom stereocenters. The lowest BCUT2D eigenvalue weighted by atomic mass is 9.31. The molecule has 0 aromatic rings. The first-order valence-electron chi connectivity index (χ1n) is 13.4. The molecular formula is C28H40O6. The van der Waals surface area contributed by atoms with Crippen molar-refractivity contribution < 1.29 is 29.6 Å². The maximum Gasteiger partial charge on any atom is 0.313 e. The Balaban J connectivity index is 1.39. The van der Waals surface area contributed by atoms with E-state index in [2.05, 4.69) is 33.8 Å². The summed E-state index contributed by atoms with van der Waals surface area (Å²) < 4.78 is 13.1. The average molecular weight is 473 g/mol. The zero-order valence-corrected chi connectivity index (χ0v) is 21.1. The number of hydrogen-bond donors (Lipinski definition) is 3. The van der Waals surface area contributed by atoms with Gasteiger partial charge in [0.05, 0.1) is 35.4 Å². The van der Waals surface area contributed by atoms with Gasteiger partial charge in [-0.3, -0.25) is 4.79 Å². The van der Waals surface area contributed by atoms with E-state index < -0.39 is 28.8 Å². The molecule has 6 nitrogen and oxygen atoms in total. The van der Waals surface area contributed by atoms with E-state index in [-0.39, 0.29) is 58.6 Å². The van der Waals surface area contributed by atoms with E-state index in [0.717, 1.165) is 38.5 Å². The largest absolute Gasteiger partial charge is 0.458 e. The predicted octanol–water partition coefficient (Wildman–Crippen LogP) is 3.12. The van der Waals surface area contributed by atoms with Crippen molar-refractivity contribution in [2.75, 3.05) is 0 Å². The average Bonchev–Trinajstić information content (AvgIpc) is 3.52. The molecule has 0 radical (unpaired) electrons. The van der Waals surface area contributed by atoms with Crippen LogP contribution in [0.2, 0.25) is 0 Å². The van der Waals surface area contributed by atoms with Crippen molar-refractivity contribution >= 4 is 5.97 Å². The van der Waals surface area contributed by atoms with E-state index in [1.54, 1.807) is 6.92 Å². The smallest absolute Gasteiger partial charge is 0.313 e. The van der Waals surface area contributed by atoms with Crippen LogP contribution in [-0.2, 0) is 14.3 Å². The van der Waals surface area contributed by atoms with Gasteiger partial charge in [0.25, 0.3) is 0 Å². The number of aliphatic hydroxyl groups excluding tert-OH is 2. The molecule has 1 spiro atoms. The fraction of sp³-hybridized carbons (Fsp3) is 0.893. The highest BCUT2D eigenvalue weighted by Crippen LogP contribution is 2.82. The van der Waals surface area contributed by atoms with Crippen LogP contribution >= 0.6 is 0 Å². The van der Waals surface area contributed by atoms with Crippen molar-refractivity contribution in [3.63, 3.8) is 0 Å². The number of rotatable bonds is 0. The molecule has 6 fully saturated rings. The van der Waals surface area contributed by atoms with Gasteiger partial charge in [0.1, 0.15) is 5.60 Å². The van der Waals surface area contributed by atoms with E-state index in [4.69, 9.17) is 9.47 Å². The number of aliphatic hydroxyl groups is 3. The Bertz CT molecular complexity index is 1020. The van der Waals surface area contributed by atoms with Crippen molar-refractivity contribution in [2.24, 2.45) is 39.4 Å². The first kappa shape index (κ1) is 22.3. The second kappa shape index (κ2) is 5.95. The van der Waals surface area contributed by atoms with Gasteiger partial charge >= 0.3 is 5.97 Å². The van der Waals surface area contributed by atoms with Crippen molar-refractivity contribution in [3.8, 4) is 0 Å². The van der Waals surface area contributed by atoms with Crippen LogP contribution in [0.5, 0.6) is 0 Å². The molecule has 7 rings (SSSR count). The Morgan fingerprint density at radius 2 is 1.76 bits per heavy atom. The first-order valence-corrected chi connectivity index (χ1v) is 13.4. The zero-order chi connectivity index (χ0) is 24.3. The van der Waals surface area contributed by atoms with Gasteiger partial charge < -0.3 is 24.8 Å². The third-order valence-corrected chi connectivity index (χ3v) is 13.3. The van der Waals surface area contributed by atoms with Gasteiger partial charge in [-0.1, -0.05) is 32.4 Å². The monoisotopic (exact) mass is 472 g/mol. The van der Waals surface area contributed by atoms with Crippen LogP contribution in [0, 0.1) is 39.4 Å². The lowest BCUT2D eigenvalue weighted by molar-refractivity contribution is -0.300. The van der Waals surface area contributed by atoms with Gasteiger partial charge in [0.15, 0.2) is 0 Å². The highest BCUT2D eigenvalue weighted by atomic mass is 16.6. The minimum absolute atomic E-state index is 0.00365. The van der Waals surface area contributed by atoms with Crippen LogP contribution in [0.15, 0.2) is 11.6 Å². The predicted molar refractivity (Wildman–Crippen MR) is 123 cm³/mol. The highest BCUT2D eigenvalue weighted by molar-refractivity contribution is 5.82. The van der Waals surface area contributed by atoms with Gasteiger partial charge in [0, 0.05) is 34.5 Å². The summed E-state index contributed by atoms with van der Waals surface area (Å²) in [6.45, 7) is 10.7. The first-order chi connectivity index (χ1) is 15.8. The fourth-order valence-corrected chi connectivity index (χ4v) is 11.3. The number of epoxide rings is 1. The van der Waals surface area contributed by atoms with E-state index in [1.807, 2.05) is 0 Å². The standard InChI is InChI=1S/C28H40O6/c1-14-6-8-27-11-10-23(2)25(4)15(7-9-28(23,16(27)12-14)34-22(27)31)24(3)17(29)13-18(30)26(5,32)20(24)19-21(25)33-19/h6,15-21,29-30,32H,7-13H2,1-5H3/t15-,16-,17+,18+,19-,20-,21-,23+,24+,25+,26+,27+,28+/m1/s1. The molecule has 0 amide bonds. The normalized spacial score (nSPS) is 65.6. The number of esters is 1. The molecule has 2 aliphatic heterocycles. The van der Waals surface area contributed by atoms with Crippen molar-refractivity contribution in [1.82, 2.24) is 0 Å². The van der Waals surface area contributed by atoms with Gasteiger partial charge in [-0.2, -0.15) is 0 Å². The summed E-state index contributed by atoms with van der Waals surface area (Å²) in [5.41, 5.74) is -2.01. The molecule has 2 heterocycles. The summed E-state index contributed by atoms with van der Waals surface area (Å²) in [5, 5.41) is 33.7. The second-order valence-electron chi connectivity index (χ2n) is 14.0. The maximum absolute atomic E-state index is 13.5. The summed E-state index contributed by atoms with van der Waals surface area (Å²) in [4.78, 5) is 13.5. The summed E-state index contributed by atoms with van der Waals surface area (Å²) in [5.74, 6) is -0.0274. The van der Waals surface area contributed by atoms with Crippen LogP contribution in [0.3, 0.4) is 0 Å². The third-order valence-electron chi connectivity index (χ3n) is 13.3. The molecule has 6 heteroatoms. The third kappa shape index (κ3) is 1.98. The number of fused-ring (bicyclic) bond motifs is 7. The molecule has 2 bridgehead atoms. The second-order valence-corrected chi connectivity index (χ2v) is 14.0. The molecule has 188 valence electrons. The molecule has 3 N–H and O–H groups in total. The minimum atomic E-state index is -1.31. The lowest BCUT2D eigenvalue weighted by Crippen LogP contribution is -2.76. The van der Waals surface area contributed by atoms with Crippen LogP contribution in [0.25, 0.3) is 0 Å². The molecule has 0 aromatic heterocycles. The fourth-order valence-electron chi connectivity index (χ4n) is 11.3. The molecule has 4 saturated carbocycles. The molecular weight excluding hydrogens is 432 g/mol. The molecule has 7 aliphatic rings. The van der Waals surface area contributed by atoms with E-state index in [0.29, 0.717) is 0 Å². The molecule has 34 heavy (non-hydrogen) atoms. The highest BCUT2D eigenvalue weighted by Gasteiger charge is 2.86. The number of carbonyl (C=O) groups excluding carboxylic acids is 1. The summed E-state index contributed by atoms with van der Waals surface area (Å²) in [6, 6.07) is 0. The molecule has 5 aliphatic carbocycles. The molecule has 2 saturated heterocycles. The van der Waals surface area contributed by atoms with Crippen LogP contribution in [-0.4, -0.2) is 56.9 Å². The van der Waals surface area contributed by atoms with E-state index in [9.17, 15) is 20.1 Å². The van der Waals surface area contributed by atoms with Crippen molar-refractivity contribution in [1.29, 1.82) is 0 Å². The molecule has 13 atom stereocenters. The Hall–Kier alpha value is -0.950. The summed E-state index contributed by atoms with van der Waals surface area (Å²) in [7, 11) is 0. The SMILES string of the molecule is CC1=CC[C@@]23CC[C@@]4(C)[C@]5(C)[C@@H]6O[C@@H]6[C@H]6[C@@](C)(O)[C@@H](O)C[C@H](O)[C@]6(C)[C@H]5CC[C@]4(OC2=O)[C@@H]3C1. The van der Waals surface area contributed by atoms with Crippen LogP contribution < -0.4 is 0 Å². The number of ether oxygens (including phenoxy) is 2. The van der Waals surface area contributed by atoms with Gasteiger partial charge in [-0.05, 0) is 58.3 Å². The minimum Gasteiger partial charge on any atom is -0.458 e. The van der Waals surface area contributed by atoms with Gasteiger partial charge in [-0.15, -0.1) is 0 Å². The van der Waals surface area contributed by atoms with Gasteiger partial charge in [0.2, 0.25) is 0 Å². The van der Waals surface area contributed by atoms with Crippen LogP contribution in [0.1, 0.15) is 79.6 Å². The summed E-state index contributed by atoms with van der Waals surface area (Å²) >= 11 is 0. The van der Waals surface area contributed by atoms with Crippen LogP contribution in [0.4, 0.5) is 0 Å². The topological polar surface area (TPSA) is 99.5 Å². The van der Waals surface area contributed by atoms with E-state index >= 15 is 0 Å².